The Morgan fingerprint density at radius 2 is 2.15 bits per heavy atom. The van der Waals surface area contributed by atoms with Crippen LogP contribution in [0.4, 0.5) is 5.82 Å². The van der Waals surface area contributed by atoms with Gasteiger partial charge in [-0.2, -0.15) is 0 Å². The molecule has 1 aliphatic heterocycles. The lowest BCUT2D eigenvalue weighted by atomic mass is 9.92. The first kappa shape index (κ1) is 18.7. The summed E-state index contributed by atoms with van der Waals surface area (Å²) in [5, 5.41) is 4.39. The van der Waals surface area contributed by atoms with Crippen molar-refractivity contribution in [2.45, 2.75) is 71.8 Å². The number of thiophene rings is 1. The van der Waals surface area contributed by atoms with Crippen molar-refractivity contribution in [2.75, 3.05) is 18.0 Å². The number of aromatic nitrogens is 2. The molecule has 6 heteroatoms. The minimum atomic E-state index is 0.0510. The highest BCUT2D eigenvalue weighted by molar-refractivity contribution is 7.19. The maximum atomic E-state index is 12.7. The number of anilines is 1. The Balaban J connectivity index is 1.64. The summed E-state index contributed by atoms with van der Waals surface area (Å²) in [7, 11) is 0. The Hall–Kier alpha value is -1.69. The van der Waals surface area contributed by atoms with Gasteiger partial charge in [-0.3, -0.25) is 4.79 Å². The number of nitrogens with one attached hydrogen (secondary N) is 1. The second kappa shape index (κ2) is 7.74. The van der Waals surface area contributed by atoms with Gasteiger partial charge in [-0.25, -0.2) is 9.97 Å². The van der Waals surface area contributed by atoms with E-state index in [9.17, 15) is 4.79 Å². The third-order valence-corrected chi connectivity index (χ3v) is 7.20. The molecule has 3 heterocycles. The SMILES string of the molecule is CCCCNC(=O)[C@H]1CC[C@H](C)N(c2nc(C)nc3sc4c(c23)CCC4)C1. The van der Waals surface area contributed by atoms with Crippen molar-refractivity contribution in [3.8, 4) is 0 Å². The number of carbonyl (C=O) groups is 1. The molecule has 1 saturated heterocycles. The van der Waals surface area contributed by atoms with Gasteiger partial charge in [0.25, 0.3) is 0 Å². The Labute approximate surface area is 165 Å². The topological polar surface area (TPSA) is 58.1 Å². The van der Waals surface area contributed by atoms with Crippen LogP contribution in [-0.2, 0) is 17.6 Å². The molecule has 2 atom stereocenters. The van der Waals surface area contributed by atoms with Crippen molar-refractivity contribution in [1.29, 1.82) is 0 Å². The van der Waals surface area contributed by atoms with E-state index in [1.807, 2.05) is 18.3 Å². The summed E-state index contributed by atoms with van der Waals surface area (Å²) in [5.74, 6) is 2.16. The van der Waals surface area contributed by atoms with E-state index in [1.54, 1.807) is 0 Å². The molecule has 27 heavy (non-hydrogen) atoms. The van der Waals surface area contributed by atoms with Gasteiger partial charge in [0.15, 0.2) is 0 Å². The number of nitrogens with zero attached hydrogens (tertiary/aromatic N) is 3. The predicted octanol–water partition coefficient (Wildman–Crippen LogP) is 4.01. The summed E-state index contributed by atoms with van der Waals surface area (Å²) < 4.78 is 0. The minimum absolute atomic E-state index is 0.0510. The van der Waals surface area contributed by atoms with Crippen LogP contribution in [0.15, 0.2) is 0 Å². The number of rotatable bonds is 5. The van der Waals surface area contributed by atoms with E-state index >= 15 is 0 Å². The van der Waals surface area contributed by atoms with E-state index in [0.717, 1.165) is 61.7 Å². The van der Waals surface area contributed by atoms with Gasteiger partial charge in [-0.15, -0.1) is 11.3 Å². The van der Waals surface area contributed by atoms with Crippen molar-refractivity contribution < 1.29 is 4.79 Å². The molecular formula is C21H30N4OS. The van der Waals surface area contributed by atoms with E-state index in [1.165, 1.54) is 28.7 Å². The van der Waals surface area contributed by atoms with Crippen LogP contribution in [0, 0.1) is 12.8 Å². The van der Waals surface area contributed by atoms with Crippen LogP contribution in [0.5, 0.6) is 0 Å². The number of hydrogen-bond acceptors (Lipinski definition) is 5. The third kappa shape index (κ3) is 3.56. The van der Waals surface area contributed by atoms with Gasteiger partial charge in [-0.1, -0.05) is 13.3 Å². The fraction of sp³-hybridized carbons (Fsp3) is 0.667. The van der Waals surface area contributed by atoms with Crippen molar-refractivity contribution in [2.24, 2.45) is 5.92 Å². The second-order valence-corrected chi connectivity index (χ2v) is 9.14. The van der Waals surface area contributed by atoms with Crippen LogP contribution in [0.2, 0.25) is 0 Å². The Bertz CT molecular complexity index is 846. The molecule has 4 rings (SSSR count). The maximum Gasteiger partial charge on any atom is 0.224 e. The average molecular weight is 387 g/mol. The van der Waals surface area contributed by atoms with Crippen molar-refractivity contribution >= 4 is 33.3 Å². The molecule has 2 aromatic rings. The Morgan fingerprint density at radius 3 is 2.96 bits per heavy atom. The van der Waals surface area contributed by atoms with E-state index in [2.05, 4.69) is 24.1 Å². The normalized spacial score (nSPS) is 22.3. The van der Waals surface area contributed by atoms with Gasteiger partial charge in [0.05, 0.1) is 11.3 Å². The lowest BCUT2D eigenvalue weighted by molar-refractivity contribution is -0.125. The lowest BCUT2D eigenvalue weighted by Gasteiger charge is -2.38. The second-order valence-electron chi connectivity index (χ2n) is 8.05. The van der Waals surface area contributed by atoms with Gasteiger partial charge < -0.3 is 10.2 Å². The minimum Gasteiger partial charge on any atom is -0.356 e. The smallest absolute Gasteiger partial charge is 0.224 e. The van der Waals surface area contributed by atoms with Gasteiger partial charge in [0.1, 0.15) is 16.5 Å². The molecule has 1 amide bonds. The van der Waals surface area contributed by atoms with Gasteiger partial charge in [0.2, 0.25) is 5.91 Å². The van der Waals surface area contributed by atoms with Crippen molar-refractivity contribution in [1.82, 2.24) is 15.3 Å². The molecule has 5 nitrogen and oxygen atoms in total. The van der Waals surface area contributed by atoms with Crippen LogP contribution in [0.3, 0.4) is 0 Å². The highest BCUT2D eigenvalue weighted by atomic mass is 32.1. The number of unbranched alkanes of at least 4 members (excludes halogenated alkanes) is 1. The molecule has 1 aliphatic carbocycles. The zero-order valence-electron chi connectivity index (χ0n) is 16.7. The van der Waals surface area contributed by atoms with E-state index < -0.39 is 0 Å². The molecular weight excluding hydrogens is 356 g/mol. The predicted molar refractivity (Wildman–Crippen MR) is 112 cm³/mol. The maximum absolute atomic E-state index is 12.7. The number of hydrogen-bond donors (Lipinski definition) is 1. The van der Waals surface area contributed by atoms with Crippen LogP contribution in [0.25, 0.3) is 10.2 Å². The summed E-state index contributed by atoms with van der Waals surface area (Å²) in [4.78, 5) is 27.3. The highest BCUT2D eigenvalue weighted by Crippen LogP contribution is 2.42. The standard InChI is InChI=1S/C21H30N4OS/c1-4-5-11-22-20(26)15-10-9-13(2)25(12-15)19-18-16-7-6-8-17(16)27-21(18)24-14(3)23-19/h13,15H,4-12H2,1-3H3,(H,22,26)/t13-,15-/m0/s1. The molecule has 146 valence electrons. The fourth-order valence-electron chi connectivity index (χ4n) is 4.44. The quantitative estimate of drug-likeness (QED) is 0.789. The zero-order chi connectivity index (χ0) is 19.0. The molecule has 0 saturated carbocycles. The van der Waals surface area contributed by atoms with Crippen LogP contribution in [-0.4, -0.2) is 35.0 Å². The van der Waals surface area contributed by atoms with E-state index in [0.29, 0.717) is 6.04 Å². The van der Waals surface area contributed by atoms with Crippen LogP contribution < -0.4 is 10.2 Å². The summed E-state index contributed by atoms with van der Waals surface area (Å²) in [6.45, 7) is 7.95. The lowest BCUT2D eigenvalue weighted by Crippen LogP contribution is -2.47. The molecule has 2 aliphatic rings. The number of carbonyl (C=O) groups excluding carboxylic acids is 1. The molecule has 2 aromatic heterocycles. The first-order chi connectivity index (χ1) is 13.1. The third-order valence-electron chi connectivity index (χ3n) is 6.01. The molecule has 1 fully saturated rings. The highest BCUT2D eigenvalue weighted by Gasteiger charge is 2.33. The first-order valence-electron chi connectivity index (χ1n) is 10.4. The van der Waals surface area contributed by atoms with Gasteiger partial charge in [0, 0.05) is 24.0 Å². The number of piperidine rings is 1. The van der Waals surface area contributed by atoms with Gasteiger partial charge in [-0.05, 0) is 57.9 Å². The number of fused-ring (bicyclic) bond motifs is 3. The zero-order valence-corrected chi connectivity index (χ0v) is 17.5. The van der Waals surface area contributed by atoms with E-state index in [-0.39, 0.29) is 11.8 Å². The molecule has 0 unspecified atom stereocenters. The molecule has 0 bridgehead atoms. The van der Waals surface area contributed by atoms with Crippen LogP contribution >= 0.6 is 11.3 Å². The molecule has 0 aromatic carbocycles. The summed E-state index contributed by atoms with van der Waals surface area (Å²) in [6.07, 6.45) is 7.70. The molecule has 1 N–H and O–H groups in total. The summed E-state index contributed by atoms with van der Waals surface area (Å²) in [6, 6.07) is 0.402. The van der Waals surface area contributed by atoms with Crippen molar-refractivity contribution in [3.05, 3.63) is 16.3 Å². The first-order valence-corrected chi connectivity index (χ1v) is 11.2. The molecule has 0 spiro atoms. The summed E-state index contributed by atoms with van der Waals surface area (Å²) in [5.41, 5.74) is 1.46. The fourth-order valence-corrected chi connectivity index (χ4v) is 5.74. The summed E-state index contributed by atoms with van der Waals surface area (Å²) >= 11 is 1.84. The largest absolute Gasteiger partial charge is 0.356 e. The Kier molecular flexibility index (Phi) is 5.35. The Morgan fingerprint density at radius 1 is 1.30 bits per heavy atom. The van der Waals surface area contributed by atoms with E-state index in [4.69, 9.17) is 9.97 Å². The van der Waals surface area contributed by atoms with Gasteiger partial charge >= 0.3 is 0 Å². The van der Waals surface area contributed by atoms with Crippen molar-refractivity contribution in [3.63, 3.8) is 0 Å². The monoisotopic (exact) mass is 386 g/mol. The number of aryl methyl sites for hydroxylation is 3. The van der Waals surface area contributed by atoms with Crippen LogP contribution in [0.1, 0.15) is 62.2 Å². The average Bonchev–Trinajstić information content (AvgIpc) is 3.22. The molecule has 0 radical (unpaired) electrons. The number of amides is 1.